The highest BCUT2D eigenvalue weighted by Crippen LogP contribution is 2.44. The van der Waals surface area contributed by atoms with Crippen molar-refractivity contribution < 1.29 is 21.6 Å². The third kappa shape index (κ3) is 5.60. The highest BCUT2D eigenvalue weighted by atomic mass is 32.2. The van der Waals surface area contributed by atoms with E-state index in [2.05, 4.69) is 22.3 Å². The molecule has 1 N–H and O–H groups in total. The van der Waals surface area contributed by atoms with E-state index in [1.807, 2.05) is 23.1 Å². The molecular weight excluding hydrogens is 546 g/mol. The zero-order chi connectivity index (χ0) is 28.7. The lowest BCUT2D eigenvalue weighted by Gasteiger charge is -2.44. The molecular formula is C30H41N3O5S2. The molecule has 218 valence electrons. The van der Waals surface area contributed by atoms with Gasteiger partial charge in [0.05, 0.1) is 15.6 Å². The molecule has 3 atom stereocenters. The van der Waals surface area contributed by atoms with E-state index in [-0.39, 0.29) is 22.6 Å². The summed E-state index contributed by atoms with van der Waals surface area (Å²) in [6.45, 7) is 7.23. The van der Waals surface area contributed by atoms with Gasteiger partial charge in [0.15, 0.2) is 19.7 Å². The Morgan fingerprint density at radius 3 is 2.12 bits per heavy atom. The zero-order valence-electron chi connectivity index (χ0n) is 23.6. The number of benzene rings is 2. The number of hydrogen-bond acceptors (Lipinski definition) is 7. The fourth-order valence-corrected chi connectivity index (χ4v) is 9.43. The van der Waals surface area contributed by atoms with Crippen LogP contribution in [-0.4, -0.2) is 82.1 Å². The Kier molecular flexibility index (Phi) is 8.18. The van der Waals surface area contributed by atoms with Crippen LogP contribution in [0.4, 0.5) is 0 Å². The second kappa shape index (κ2) is 11.2. The minimum absolute atomic E-state index is 0.0606. The monoisotopic (exact) mass is 587 g/mol. The molecule has 1 unspecified atom stereocenters. The summed E-state index contributed by atoms with van der Waals surface area (Å²) in [7, 11) is -6.70. The number of nitrogens with zero attached hydrogens (tertiary/aromatic N) is 2. The third-order valence-electron chi connectivity index (χ3n) is 9.29. The van der Waals surface area contributed by atoms with Crippen molar-refractivity contribution in [3.8, 4) is 0 Å². The van der Waals surface area contributed by atoms with Gasteiger partial charge in [-0.25, -0.2) is 16.8 Å². The first kappa shape index (κ1) is 29.2. The smallest absolute Gasteiger partial charge is 0.229 e. The van der Waals surface area contributed by atoms with Gasteiger partial charge in [-0.3, -0.25) is 9.69 Å². The summed E-state index contributed by atoms with van der Waals surface area (Å²) in [6.07, 6.45) is 3.25. The SMILES string of the molecule is CC(C)S(=O)(=O)C([C@@H]1CNC[C@@H]1c1ccccc1)N1CCC2(CCN(Cc3ccc(S(C)(=O)=O)cc3)C2=O)CC1. The summed E-state index contributed by atoms with van der Waals surface area (Å²) in [5, 5.41) is 2.39. The van der Waals surface area contributed by atoms with Gasteiger partial charge in [0.1, 0.15) is 5.37 Å². The van der Waals surface area contributed by atoms with Crippen LogP contribution in [0, 0.1) is 11.3 Å². The van der Waals surface area contributed by atoms with E-state index in [1.54, 1.807) is 38.1 Å². The van der Waals surface area contributed by atoms with Gasteiger partial charge in [-0.15, -0.1) is 0 Å². The van der Waals surface area contributed by atoms with Crippen molar-refractivity contribution >= 4 is 25.6 Å². The van der Waals surface area contributed by atoms with Crippen molar-refractivity contribution in [3.05, 3.63) is 65.7 Å². The van der Waals surface area contributed by atoms with Crippen LogP contribution >= 0.6 is 0 Å². The maximum Gasteiger partial charge on any atom is 0.229 e. The van der Waals surface area contributed by atoms with Crippen LogP contribution in [0.2, 0.25) is 0 Å². The Bertz CT molecular complexity index is 1420. The van der Waals surface area contributed by atoms with Gasteiger partial charge in [0, 0.05) is 57.4 Å². The van der Waals surface area contributed by atoms with Gasteiger partial charge in [0.2, 0.25) is 5.91 Å². The van der Waals surface area contributed by atoms with Crippen molar-refractivity contribution in [1.29, 1.82) is 0 Å². The van der Waals surface area contributed by atoms with E-state index < -0.39 is 35.7 Å². The summed E-state index contributed by atoms with van der Waals surface area (Å²) in [4.78, 5) is 18.0. The topological polar surface area (TPSA) is 104 Å². The summed E-state index contributed by atoms with van der Waals surface area (Å²) >= 11 is 0. The Balaban J connectivity index is 1.31. The van der Waals surface area contributed by atoms with Crippen molar-refractivity contribution in [2.24, 2.45) is 11.3 Å². The molecule has 3 fully saturated rings. The Morgan fingerprint density at radius 1 is 0.900 bits per heavy atom. The fourth-order valence-electron chi connectivity index (χ4n) is 6.84. The Labute approximate surface area is 239 Å². The van der Waals surface area contributed by atoms with Crippen LogP contribution in [0.1, 0.15) is 50.2 Å². The quantitative estimate of drug-likeness (QED) is 0.506. The van der Waals surface area contributed by atoms with E-state index >= 15 is 0 Å². The molecule has 0 radical (unpaired) electrons. The first-order valence-electron chi connectivity index (χ1n) is 14.2. The first-order chi connectivity index (χ1) is 18.9. The number of rotatable bonds is 8. The predicted octanol–water partition coefficient (Wildman–Crippen LogP) is 3.06. The molecule has 3 saturated heterocycles. The highest BCUT2D eigenvalue weighted by molar-refractivity contribution is 7.92. The molecule has 5 rings (SSSR count). The third-order valence-corrected chi connectivity index (χ3v) is 13.1. The number of piperidine rings is 1. The number of amides is 1. The summed E-state index contributed by atoms with van der Waals surface area (Å²) < 4.78 is 51.2. The number of likely N-dealkylation sites (tertiary alicyclic amines) is 2. The number of carbonyl (C=O) groups excluding carboxylic acids is 1. The van der Waals surface area contributed by atoms with Gasteiger partial charge in [-0.1, -0.05) is 42.5 Å². The molecule has 3 aliphatic heterocycles. The lowest BCUT2D eigenvalue weighted by atomic mass is 9.76. The van der Waals surface area contributed by atoms with Crippen molar-refractivity contribution in [2.75, 3.05) is 39.0 Å². The van der Waals surface area contributed by atoms with E-state index in [1.165, 1.54) is 11.8 Å². The van der Waals surface area contributed by atoms with Gasteiger partial charge in [-0.2, -0.15) is 0 Å². The zero-order valence-corrected chi connectivity index (χ0v) is 25.3. The Hall–Kier alpha value is -2.27. The lowest BCUT2D eigenvalue weighted by molar-refractivity contribution is -0.139. The van der Waals surface area contributed by atoms with E-state index in [9.17, 15) is 21.6 Å². The van der Waals surface area contributed by atoms with Crippen LogP contribution in [0.25, 0.3) is 0 Å². The van der Waals surface area contributed by atoms with E-state index in [0.29, 0.717) is 45.6 Å². The molecule has 0 saturated carbocycles. The average Bonchev–Trinajstić information content (AvgIpc) is 3.51. The lowest BCUT2D eigenvalue weighted by Crippen LogP contribution is -2.55. The maximum absolute atomic E-state index is 13.8. The van der Waals surface area contributed by atoms with Crippen LogP contribution < -0.4 is 5.32 Å². The summed E-state index contributed by atoms with van der Waals surface area (Å²) in [5.74, 6) is 0.190. The average molecular weight is 588 g/mol. The van der Waals surface area contributed by atoms with Crippen LogP contribution in [0.15, 0.2) is 59.5 Å². The van der Waals surface area contributed by atoms with Crippen molar-refractivity contribution in [2.45, 2.75) is 61.1 Å². The van der Waals surface area contributed by atoms with Crippen LogP contribution in [0.3, 0.4) is 0 Å². The standard InChI is InChI=1S/C30H41N3O5S2/c1-22(2)40(37,38)28(27-20-31-19-26(27)24-7-5-4-6-8-24)32-16-13-30(14-17-32)15-18-33(29(30)34)21-23-9-11-25(12-10-23)39(3,35)36/h4-12,22,26-28,31H,13-21H2,1-3H3/t26-,27-,28?/m1/s1. The highest BCUT2D eigenvalue weighted by Gasteiger charge is 2.52. The largest absolute Gasteiger partial charge is 0.338 e. The number of hydrogen-bond donors (Lipinski definition) is 1. The van der Waals surface area contributed by atoms with Crippen molar-refractivity contribution in [1.82, 2.24) is 15.1 Å². The fraction of sp³-hybridized carbons (Fsp3) is 0.567. The molecule has 0 bridgehead atoms. The molecule has 40 heavy (non-hydrogen) atoms. The molecule has 1 spiro atoms. The molecule has 0 aromatic heterocycles. The molecule has 10 heteroatoms. The van der Waals surface area contributed by atoms with E-state index in [4.69, 9.17) is 0 Å². The molecule has 8 nitrogen and oxygen atoms in total. The normalized spacial score (nSPS) is 24.7. The molecule has 3 aliphatic rings. The second-order valence-electron chi connectivity index (χ2n) is 12.1. The molecule has 1 amide bonds. The second-order valence-corrected chi connectivity index (χ2v) is 16.7. The van der Waals surface area contributed by atoms with Crippen LogP contribution in [-0.2, 0) is 31.0 Å². The van der Waals surface area contributed by atoms with Gasteiger partial charge in [-0.05, 0) is 56.4 Å². The molecule has 2 aromatic carbocycles. The predicted molar refractivity (Wildman–Crippen MR) is 156 cm³/mol. The Morgan fingerprint density at radius 2 is 1.52 bits per heavy atom. The summed E-state index contributed by atoms with van der Waals surface area (Å²) in [5.41, 5.74) is 1.61. The van der Waals surface area contributed by atoms with Crippen LogP contribution in [0.5, 0.6) is 0 Å². The van der Waals surface area contributed by atoms with E-state index in [0.717, 1.165) is 18.5 Å². The minimum atomic E-state index is -3.43. The van der Waals surface area contributed by atoms with Gasteiger partial charge < -0.3 is 10.2 Å². The van der Waals surface area contributed by atoms with Crippen molar-refractivity contribution in [3.63, 3.8) is 0 Å². The summed E-state index contributed by atoms with van der Waals surface area (Å²) in [6, 6.07) is 16.9. The maximum atomic E-state index is 13.8. The van der Waals surface area contributed by atoms with Gasteiger partial charge in [0.25, 0.3) is 0 Å². The molecule has 3 heterocycles. The molecule has 0 aliphatic carbocycles. The number of nitrogens with one attached hydrogen (secondary N) is 1. The number of sulfone groups is 2. The number of carbonyl (C=O) groups is 1. The molecule has 2 aromatic rings. The van der Waals surface area contributed by atoms with Gasteiger partial charge >= 0.3 is 0 Å². The first-order valence-corrected chi connectivity index (χ1v) is 17.7. The minimum Gasteiger partial charge on any atom is -0.338 e.